The summed E-state index contributed by atoms with van der Waals surface area (Å²) in [5, 5.41) is 12.0. The number of ether oxygens (including phenoxy) is 2. The van der Waals surface area contributed by atoms with Gasteiger partial charge in [-0.1, -0.05) is 0 Å². The molecule has 0 aliphatic rings. The van der Waals surface area contributed by atoms with Gasteiger partial charge in [0.1, 0.15) is 0 Å². The van der Waals surface area contributed by atoms with E-state index in [0.717, 1.165) is 0 Å². The molecule has 0 heterocycles. The van der Waals surface area contributed by atoms with Crippen LogP contribution in [0.4, 0.5) is 0 Å². The van der Waals surface area contributed by atoms with Gasteiger partial charge in [-0.05, 0) is 6.92 Å². The standard InChI is InChI=1S/C8H19NO3/c1-7(10)4-9-5-8(12-3)6-11-2/h7-10H,4-6H2,1-3H3. The average molecular weight is 177 g/mol. The van der Waals surface area contributed by atoms with Crippen molar-refractivity contribution in [2.45, 2.75) is 19.1 Å². The quantitative estimate of drug-likeness (QED) is 0.556. The Morgan fingerprint density at radius 2 is 2.00 bits per heavy atom. The van der Waals surface area contributed by atoms with E-state index in [0.29, 0.717) is 19.7 Å². The van der Waals surface area contributed by atoms with Gasteiger partial charge in [0, 0.05) is 27.3 Å². The third kappa shape index (κ3) is 6.54. The number of rotatable bonds is 7. The largest absolute Gasteiger partial charge is 0.392 e. The number of aliphatic hydroxyl groups is 1. The molecular weight excluding hydrogens is 158 g/mol. The van der Waals surface area contributed by atoms with Gasteiger partial charge in [-0.2, -0.15) is 0 Å². The van der Waals surface area contributed by atoms with E-state index in [2.05, 4.69) is 5.32 Å². The smallest absolute Gasteiger partial charge is 0.0928 e. The first-order valence-electron chi connectivity index (χ1n) is 4.11. The maximum absolute atomic E-state index is 8.93. The Bertz CT molecular complexity index is 98.3. The third-order valence-corrected chi connectivity index (χ3v) is 1.50. The van der Waals surface area contributed by atoms with E-state index >= 15 is 0 Å². The van der Waals surface area contributed by atoms with Crippen molar-refractivity contribution in [2.24, 2.45) is 0 Å². The second kappa shape index (κ2) is 7.49. The highest BCUT2D eigenvalue weighted by Crippen LogP contribution is 1.88. The molecule has 0 saturated carbocycles. The van der Waals surface area contributed by atoms with Gasteiger partial charge in [-0.15, -0.1) is 0 Å². The first-order valence-corrected chi connectivity index (χ1v) is 4.11. The lowest BCUT2D eigenvalue weighted by Gasteiger charge is -2.15. The Morgan fingerprint density at radius 1 is 1.33 bits per heavy atom. The van der Waals surface area contributed by atoms with E-state index in [-0.39, 0.29) is 12.2 Å². The molecule has 4 nitrogen and oxygen atoms in total. The molecule has 0 aromatic carbocycles. The minimum absolute atomic E-state index is 0.0637. The van der Waals surface area contributed by atoms with Gasteiger partial charge in [0.05, 0.1) is 18.8 Å². The van der Waals surface area contributed by atoms with Gasteiger partial charge < -0.3 is 19.9 Å². The highest BCUT2D eigenvalue weighted by atomic mass is 16.5. The zero-order valence-corrected chi connectivity index (χ0v) is 8.04. The van der Waals surface area contributed by atoms with Crippen LogP contribution in [-0.2, 0) is 9.47 Å². The van der Waals surface area contributed by atoms with Gasteiger partial charge in [-0.25, -0.2) is 0 Å². The maximum Gasteiger partial charge on any atom is 0.0928 e. The lowest BCUT2D eigenvalue weighted by molar-refractivity contribution is 0.0274. The summed E-state index contributed by atoms with van der Waals surface area (Å²) in [6.45, 7) is 3.60. The Hall–Kier alpha value is -0.160. The molecule has 0 aliphatic carbocycles. The predicted molar refractivity (Wildman–Crippen MR) is 47.2 cm³/mol. The minimum Gasteiger partial charge on any atom is -0.392 e. The number of nitrogens with one attached hydrogen (secondary N) is 1. The molecule has 0 aromatic rings. The van der Waals surface area contributed by atoms with Gasteiger partial charge in [0.15, 0.2) is 0 Å². The van der Waals surface area contributed by atoms with Crippen LogP contribution in [0.2, 0.25) is 0 Å². The lowest BCUT2D eigenvalue weighted by atomic mass is 10.3. The van der Waals surface area contributed by atoms with Crippen molar-refractivity contribution >= 4 is 0 Å². The molecule has 0 fully saturated rings. The Balaban J connectivity index is 3.31. The molecule has 0 amide bonds. The highest BCUT2D eigenvalue weighted by molar-refractivity contribution is 4.61. The third-order valence-electron chi connectivity index (χ3n) is 1.50. The first-order chi connectivity index (χ1) is 5.70. The van der Waals surface area contributed by atoms with Crippen molar-refractivity contribution in [2.75, 3.05) is 33.9 Å². The number of methoxy groups -OCH3 is 2. The van der Waals surface area contributed by atoms with E-state index in [9.17, 15) is 0 Å². The first kappa shape index (κ1) is 11.8. The maximum atomic E-state index is 8.93. The molecule has 2 atom stereocenters. The summed E-state index contributed by atoms with van der Waals surface area (Å²) in [5.41, 5.74) is 0. The minimum atomic E-state index is -0.315. The van der Waals surface area contributed by atoms with Crippen molar-refractivity contribution in [1.82, 2.24) is 5.32 Å². The molecule has 74 valence electrons. The van der Waals surface area contributed by atoms with E-state index in [4.69, 9.17) is 14.6 Å². The normalized spacial score (nSPS) is 16.0. The van der Waals surface area contributed by atoms with Crippen LogP contribution in [0.3, 0.4) is 0 Å². The van der Waals surface area contributed by atoms with Crippen LogP contribution < -0.4 is 5.32 Å². The van der Waals surface area contributed by atoms with Crippen LogP contribution in [0.25, 0.3) is 0 Å². The molecule has 2 N–H and O–H groups in total. The molecule has 0 aromatic heterocycles. The SMILES string of the molecule is COCC(CNCC(C)O)OC. The summed E-state index contributed by atoms with van der Waals surface area (Å²) >= 11 is 0. The van der Waals surface area contributed by atoms with Crippen LogP contribution in [0.1, 0.15) is 6.92 Å². The molecule has 4 heteroatoms. The number of aliphatic hydroxyl groups excluding tert-OH is 1. The summed E-state index contributed by atoms with van der Waals surface area (Å²) in [4.78, 5) is 0. The van der Waals surface area contributed by atoms with Crippen LogP contribution in [0, 0.1) is 0 Å². The molecule has 0 bridgehead atoms. The fourth-order valence-corrected chi connectivity index (χ4v) is 0.849. The van der Waals surface area contributed by atoms with E-state index in [1.54, 1.807) is 21.1 Å². The summed E-state index contributed by atoms with van der Waals surface area (Å²) < 4.78 is 10.0. The van der Waals surface area contributed by atoms with Gasteiger partial charge in [0.2, 0.25) is 0 Å². The molecule has 0 rings (SSSR count). The van der Waals surface area contributed by atoms with Crippen molar-refractivity contribution < 1.29 is 14.6 Å². The zero-order chi connectivity index (χ0) is 9.40. The Kier molecular flexibility index (Phi) is 7.39. The Morgan fingerprint density at radius 3 is 2.42 bits per heavy atom. The van der Waals surface area contributed by atoms with Crippen molar-refractivity contribution in [3.8, 4) is 0 Å². The second-order valence-electron chi connectivity index (χ2n) is 2.82. The highest BCUT2D eigenvalue weighted by Gasteiger charge is 2.05. The summed E-state index contributed by atoms with van der Waals surface area (Å²) in [7, 11) is 3.29. The fourth-order valence-electron chi connectivity index (χ4n) is 0.849. The molecule has 2 unspecified atom stereocenters. The van der Waals surface area contributed by atoms with Crippen molar-refractivity contribution in [3.05, 3.63) is 0 Å². The number of hydrogen-bond donors (Lipinski definition) is 2. The van der Waals surface area contributed by atoms with E-state index in [1.807, 2.05) is 0 Å². The Labute approximate surface area is 73.9 Å². The second-order valence-corrected chi connectivity index (χ2v) is 2.82. The molecule has 0 aliphatic heterocycles. The molecule has 0 spiro atoms. The van der Waals surface area contributed by atoms with E-state index in [1.165, 1.54) is 0 Å². The molecular formula is C8H19NO3. The zero-order valence-electron chi connectivity index (χ0n) is 8.04. The molecule has 0 saturated heterocycles. The van der Waals surface area contributed by atoms with E-state index < -0.39 is 0 Å². The number of hydrogen-bond acceptors (Lipinski definition) is 4. The fraction of sp³-hybridized carbons (Fsp3) is 1.00. The predicted octanol–water partition coefficient (Wildman–Crippen LogP) is -0.382. The van der Waals surface area contributed by atoms with Crippen LogP contribution in [-0.4, -0.2) is 51.2 Å². The molecule has 12 heavy (non-hydrogen) atoms. The van der Waals surface area contributed by atoms with Crippen molar-refractivity contribution in [1.29, 1.82) is 0 Å². The summed E-state index contributed by atoms with van der Waals surface area (Å²) in [6.07, 6.45) is -0.251. The monoisotopic (exact) mass is 177 g/mol. The van der Waals surface area contributed by atoms with Crippen molar-refractivity contribution in [3.63, 3.8) is 0 Å². The van der Waals surface area contributed by atoms with Crippen LogP contribution in [0.15, 0.2) is 0 Å². The summed E-state index contributed by atoms with van der Waals surface area (Å²) in [6, 6.07) is 0. The average Bonchev–Trinajstić information content (AvgIpc) is 2.02. The molecule has 0 radical (unpaired) electrons. The summed E-state index contributed by atoms with van der Waals surface area (Å²) in [5.74, 6) is 0. The lowest BCUT2D eigenvalue weighted by Crippen LogP contribution is -2.35. The van der Waals surface area contributed by atoms with Gasteiger partial charge >= 0.3 is 0 Å². The topological polar surface area (TPSA) is 50.7 Å². The van der Waals surface area contributed by atoms with Crippen LogP contribution >= 0.6 is 0 Å². The van der Waals surface area contributed by atoms with Gasteiger partial charge in [-0.3, -0.25) is 0 Å². The van der Waals surface area contributed by atoms with Crippen LogP contribution in [0.5, 0.6) is 0 Å². The van der Waals surface area contributed by atoms with Gasteiger partial charge in [0.25, 0.3) is 0 Å².